The molecule has 0 aliphatic carbocycles. The van der Waals surface area contributed by atoms with Crippen LogP contribution in [0.2, 0.25) is 5.02 Å². The minimum atomic E-state index is -1.72. The topological polar surface area (TPSA) is 49.8 Å². The molecule has 1 rings (SSSR count). The molecule has 0 unspecified atom stereocenters. The van der Waals surface area contributed by atoms with Gasteiger partial charge in [-0.2, -0.15) is 5.26 Å². The van der Waals surface area contributed by atoms with Crippen molar-refractivity contribution in [3.63, 3.8) is 0 Å². The molecule has 0 radical (unpaired) electrons. The second kappa shape index (κ2) is 3.52. The Bertz CT molecular complexity index is 410. The van der Waals surface area contributed by atoms with Crippen LogP contribution < -0.4 is 5.73 Å². The van der Waals surface area contributed by atoms with Crippen molar-refractivity contribution in [3.05, 3.63) is 34.4 Å². The lowest BCUT2D eigenvalue weighted by Crippen LogP contribution is -2.33. The van der Waals surface area contributed by atoms with E-state index in [-0.39, 0.29) is 5.02 Å². The van der Waals surface area contributed by atoms with E-state index in [1.165, 1.54) is 6.92 Å². The summed E-state index contributed by atoms with van der Waals surface area (Å²) >= 11 is 5.44. The van der Waals surface area contributed by atoms with Crippen LogP contribution in [0.3, 0.4) is 0 Å². The Morgan fingerprint density at radius 1 is 1.50 bits per heavy atom. The van der Waals surface area contributed by atoms with Crippen LogP contribution in [0.1, 0.15) is 12.5 Å². The van der Waals surface area contributed by atoms with Crippen molar-refractivity contribution in [1.29, 1.82) is 5.26 Å². The van der Waals surface area contributed by atoms with E-state index in [9.17, 15) is 8.78 Å². The molecule has 0 amide bonds. The first kappa shape index (κ1) is 10.9. The summed E-state index contributed by atoms with van der Waals surface area (Å²) in [6.07, 6.45) is 0. The molecule has 0 saturated heterocycles. The van der Waals surface area contributed by atoms with Crippen molar-refractivity contribution in [2.45, 2.75) is 12.5 Å². The van der Waals surface area contributed by atoms with Crippen LogP contribution in [-0.4, -0.2) is 0 Å². The van der Waals surface area contributed by atoms with Gasteiger partial charge in [-0.25, -0.2) is 8.78 Å². The molecule has 0 aliphatic rings. The van der Waals surface area contributed by atoms with Crippen LogP contribution in [-0.2, 0) is 5.54 Å². The molecule has 0 aliphatic heterocycles. The normalized spacial score (nSPS) is 14.6. The van der Waals surface area contributed by atoms with Crippen molar-refractivity contribution >= 4 is 11.6 Å². The molecule has 1 atom stereocenters. The monoisotopic (exact) mass is 216 g/mol. The molecule has 74 valence electrons. The molecule has 2 nitrogen and oxygen atoms in total. The summed E-state index contributed by atoms with van der Waals surface area (Å²) in [6, 6.07) is 3.65. The van der Waals surface area contributed by atoms with E-state index in [0.29, 0.717) is 0 Å². The fourth-order valence-corrected chi connectivity index (χ4v) is 1.22. The fraction of sp³-hybridized carbons (Fsp3) is 0.222. The minimum absolute atomic E-state index is 0.256. The van der Waals surface area contributed by atoms with Crippen LogP contribution in [0, 0.1) is 23.0 Å². The van der Waals surface area contributed by atoms with Gasteiger partial charge in [0.25, 0.3) is 0 Å². The Morgan fingerprint density at radius 3 is 2.57 bits per heavy atom. The average Bonchev–Trinajstić information content (AvgIpc) is 2.12. The van der Waals surface area contributed by atoms with Crippen molar-refractivity contribution in [2.75, 3.05) is 0 Å². The van der Waals surface area contributed by atoms with Gasteiger partial charge >= 0.3 is 0 Å². The van der Waals surface area contributed by atoms with Crippen LogP contribution in [0.5, 0.6) is 0 Å². The maximum Gasteiger partial charge on any atom is 0.150 e. The highest BCUT2D eigenvalue weighted by atomic mass is 35.5. The second-order valence-electron chi connectivity index (χ2n) is 3.03. The van der Waals surface area contributed by atoms with Gasteiger partial charge in [0.15, 0.2) is 5.82 Å². The molecule has 0 spiro atoms. The third-order valence-corrected chi connectivity index (χ3v) is 2.09. The summed E-state index contributed by atoms with van der Waals surface area (Å²) in [6.45, 7) is 1.21. The van der Waals surface area contributed by atoms with Gasteiger partial charge in [-0.05, 0) is 19.1 Å². The minimum Gasteiger partial charge on any atom is -0.310 e. The first-order valence-corrected chi connectivity index (χ1v) is 4.12. The van der Waals surface area contributed by atoms with Gasteiger partial charge < -0.3 is 5.73 Å². The van der Waals surface area contributed by atoms with Gasteiger partial charge in [0.05, 0.1) is 16.7 Å². The van der Waals surface area contributed by atoms with Crippen molar-refractivity contribution < 1.29 is 8.78 Å². The summed E-state index contributed by atoms with van der Waals surface area (Å²) in [7, 11) is 0. The molecule has 2 N–H and O–H groups in total. The highest BCUT2D eigenvalue weighted by Gasteiger charge is 2.29. The van der Waals surface area contributed by atoms with E-state index >= 15 is 0 Å². The van der Waals surface area contributed by atoms with E-state index < -0.39 is 22.7 Å². The van der Waals surface area contributed by atoms with E-state index in [4.69, 9.17) is 22.6 Å². The van der Waals surface area contributed by atoms with Crippen molar-refractivity contribution in [1.82, 2.24) is 0 Å². The Morgan fingerprint density at radius 2 is 2.07 bits per heavy atom. The molecule has 0 bridgehead atoms. The van der Waals surface area contributed by atoms with Gasteiger partial charge in [0.2, 0.25) is 0 Å². The van der Waals surface area contributed by atoms with Crippen LogP contribution in [0.25, 0.3) is 0 Å². The number of nitrogens with zero attached hydrogens (tertiary/aromatic N) is 1. The lowest BCUT2D eigenvalue weighted by Gasteiger charge is -2.17. The molecule has 5 heteroatoms. The number of hydrogen-bond acceptors (Lipinski definition) is 2. The third kappa shape index (κ3) is 1.69. The highest BCUT2D eigenvalue weighted by Crippen LogP contribution is 2.28. The van der Waals surface area contributed by atoms with Gasteiger partial charge in [-0.15, -0.1) is 0 Å². The second-order valence-corrected chi connectivity index (χ2v) is 3.44. The SMILES string of the molecule is C[C@](N)(C#N)c1c(F)ccc(Cl)c1F. The zero-order chi connectivity index (χ0) is 10.9. The Balaban J connectivity index is 3.49. The Labute approximate surface area is 84.9 Å². The van der Waals surface area contributed by atoms with Gasteiger partial charge in [-0.1, -0.05) is 11.6 Å². The number of nitriles is 1. The summed E-state index contributed by atoms with van der Waals surface area (Å²) < 4.78 is 26.5. The van der Waals surface area contributed by atoms with E-state index in [1.54, 1.807) is 6.07 Å². The quantitative estimate of drug-likeness (QED) is 0.733. The van der Waals surface area contributed by atoms with Crippen LogP contribution >= 0.6 is 11.6 Å². The molecule has 14 heavy (non-hydrogen) atoms. The predicted molar refractivity (Wildman–Crippen MR) is 48.5 cm³/mol. The van der Waals surface area contributed by atoms with Crippen molar-refractivity contribution in [3.8, 4) is 6.07 Å². The fourth-order valence-electron chi connectivity index (χ4n) is 1.06. The molecule has 1 aromatic carbocycles. The first-order valence-electron chi connectivity index (χ1n) is 3.74. The first-order chi connectivity index (χ1) is 6.40. The number of rotatable bonds is 1. The highest BCUT2D eigenvalue weighted by molar-refractivity contribution is 6.30. The number of halogens is 3. The van der Waals surface area contributed by atoms with Gasteiger partial charge in [0.1, 0.15) is 11.4 Å². The van der Waals surface area contributed by atoms with Crippen LogP contribution in [0.15, 0.2) is 12.1 Å². The Kier molecular flexibility index (Phi) is 2.74. The number of hydrogen-bond donors (Lipinski definition) is 1. The molecule has 0 saturated carbocycles. The maximum absolute atomic E-state index is 13.3. The summed E-state index contributed by atoms with van der Waals surface area (Å²) in [5, 5.41) is 8.38. The molecule has 0 aromatic heterocycles. The molecule has 0 heterocycles. The average molecular weight is 217 g/mol. The molecule has 1 aromatic rings. The maximum atomic E-state index is 13.3. The van der Waals surface area contributed by atoms with Crippen molar-refractivity contribution in [2.24, 2.45) is 5.73 Å². The van der Waals surface area contributed by atoms with Crippen LogP contribution in [0.4, 0.5) is 8.78 Å². The van der Waals surface area contributed by atoms with Gasteiger partial charge in [-0.3, -0.25) is 0 Å². The summed E-state index contributed by atoms with van der Waals surface area (Å²) in [4.78, 5) is 0. The summed E-state index contributed by atoms with van der Waals surface area (Å²) in [5.41, 5.74) is 3.18. The lowest BCUT2D eigenvalue weighted by molar-refractivity contribution is 0.498. The zero-order valence-electron chi connectivity index (χ0n) is 7.31. The zero-order valence-corrected chi connectivity index (χ0v) is 8.07. The van der Waals surface area contributed by atoms with Gasteiger partial charge in [0, 0.05) is 0 Å². The Hall–Kier alpha value is -1.18. The summed E-state index contributed by atoms with van der Waals surface area (Å²) in [5.74, 6) is -1.86. The predicted octanol–water partition coefficient (Wildman–Crippen LogP) is 2.32. The third-order valence-electron chi connectivity index (χ3n) is 1.80. The molecular formula is C9H7ClF2N2. The van der Waals surface area contributed by atoms with E-state index in [0.717, 1.165) is 12.1 Å². The smallest absolute Gasteiger partial charge is 0.150 e. The molecule has 0 fully saturated rings. The number of nitrogens with two attached hydrogens (primary N) is 1. The number of benzene rings is 1. The van der Waals surface area contributed by atoms with E-state index in [2.05, 4.69) is 0 Å². The van der Waals surface area contributed by atoms with E-state index in [1.807, 2.05) is 0 Å². The standard InChI is InChI=1S/C9H7ClF2N2/c1-9(14,4-13)7-6(11)3-2-5(10)8(7)12/h2-3H,14H2,1H3/t9-/m0/s1. The lowest BCUT2D eigenvalue weighted by atomic mass is 9.94. The largest absolute Gasteiger partial charge is 0.310 e. The molecular weight excluding hydrogens is 210 g/mol.